The number of benzene rings is 1. The number of aromatic hydroxyl groups is 1. The molecule has 1 aromatic carbocycles. The van der Waals surface area contributed by atoms with Crippen molar-refractivity contribution in [2.75, 3.05) is 6.54 Å². The maximum Gasteiger partial charge on any atom is 0.135 e. The molecule has 0 bridgehead atoms. The molecule has 0 radical (unpaired) electrons. The summed E-state index contributed by atoms with van der Waals surface area (Å²) in [7, 11) is 0. The molecule has 4 nitrogen and oxygen atoms in total. The van der Waals surface area contributed by atoms with Gasteiger partial charge in [0.2, 0.25) is 0 Å². The fourth-order valence-electron chi connectivity index (χ4n) is 1.07. The van der Waals surface area contributed by atoms with Gasteiger partial charge in [0, 0.05) is 17.5 Å². The second-order valence-electron chi connectivity index (χ2n) is 2.97. The molecule has 0 amide bonds. The summed E-state index contributed by atoms with van der Waals surface area (Å²) in [6, 6.07) is 2.96. The molecule has 1 aromatic rings. The van der Waals surface area contributed by atoms with E-state index in [4.69, 9.17) is 28.7 Å². The average molecular weight is 258 g/mol. The van der Waals surface area contributed by atoms with Crippen LogP contribution in [0.25, 0.3) is 16.5 Å². The Kier molecular flexibility index (Phi) is 4.99. The van der Waals surface area contributed by atoms with Crippen LogP contribution in [0, 0.1) is 0 Å². The number of phenols is 1. The van der Waals surface area contributed by atoms with E-state index >= 15 is 0 Å². The second kappa shape index (κ2) is 6.28. The van der Waals surface area contributed by atoms with Crippen molar-refractivity contribution in [2.45, 2.75) is 6.42 Å². The predicted molar refractivity (Wildman–Crippen MR) is 65.8 cm³/mol. The molecule has 0 aliphatic rings. The Hall–Kier alpha value is -1.35. The van der Waals surface area contributed by atoms with Crippen LogP contribution < -0.4 is 0 Å². The molecule has 0 aromatic heterocycles. The largest absolute Gasteiger partial charge is 0.506 e. The number of nitrogens with zero attached hydrogens (tertiary/aromatic N) is 3. The summed E-state index contributed by atoms with van der Waals surface area (Å²) in [6.45, 7) is 0.399. The van der Waals surface area contributed by atoms with Crippen molar-refractivity contribution in [3.63, 3.8) is 0 Å². The topological polar surface area (TPSA) is 69.0 Å². The zero-order valence-corrected chi connectivity index (χ0v) is 9.78. The number of hydrogen-bond acceptors (Lipinski definition) is 2. The molecule has 0 atom stereocenters. The summed E-state index contributed by atoms with van der Waals surface area (Å²) in [5.41, 5.74) is 8.77. The molecular weight excluding hydrogens is 249 g/mol. The van der Waals surface area contributed by atoms with Gasteiger partial charge in [-0.1, -0.05) is 40.5 Å². The summed E-state index contributed by atoms with van der Waals surface area (Å²) in [4.78, 5) is 2.63. The van der Waals surface area contributed by atoms with Crippen molar-refractivity contribution in [3.8, 4) is 5.75 Å². The van der Waals surface area contributed by atoms with Crippen LogP contribution in [0.5, 0.6) is 5.75 Å². The van der Waals surface area contributed by atoms with Crippen molar-refractivity contribution in [2.24, 2.45) is 5.11 Å². The van der Waals surface area contributed by atoms with Crippen molar-refractivity contribution < 1.29 is 5.11 Å². The minimum Gasteiger partial charge on any atom is -0.506 e. The van der Waals surface area contributed by atoms with Gasteiger partial charge in [0.05, 0.1) is 10.0 Å². The van der Waals surface area contributed by atoms with Crippen LogP contribution >= 0.6 is 23.2 Å². The number of azide groups is 1. The SMILES string of the molecule is [N-]=[N+]=NCCC=Cc1cc(Cl)c(O)cc1Cl. The molecule has 16 heavy (non-hydrogen) atoms. The molecule has 0 heterocycles. The lowest BCUT2D eigenvalue weighted by Gasteiger charge is -2.01. The van der Waals surface area contributed by atoms with Gasteiger partial charge in [-0.15, -0.1) is 0 Å². The Labute approximate surface area is 103 Å². The summed E-state index contributed by atoms with van der Waals surface area (Å²) >= 11 is 11.6. The van der Waals surface area contributed by atoms with Crippen LogP contribution in [0.4, 0.5) is 0 Å². The standard InChI is InChI=1S/C10H9Cl2N3O/c11-8-6-10(16)9(12)5-7(8)3-1-2-4-14-15-13/h1,3,5-6,16H,2,4H2. The molecule has 1 rings (SSSR count). The Morgan fingerprint density at radius 3 is 2.81 bits per heavy atom. The fourth-order valence-corrected chi connectivity index (χ4v) is 1.46. The van der Waals surface area contributed by atoms with Crippen LogP contribution in [0.2, 0.25) is 10.0 Å². The highest BCUT2D eigenvalue weighted by Crippen LogP contribution is 2.30. The number of hydrogen-bond donors (Lipinski definition) is 1. The first-order chi connectivity index (χ1) is 7.65. The van der Waals surface area contributed by atoms with Gasteiger partial charge in [0.25, 0.3) is 0 Å². The van der Waals surface area contributed by atoms with Crippen LogP contribution in [0.3, 0.4) is 0 Å². The molecule has 84 valence electrons. The zero-order valence-electron chi connectivity index (χ0n) is 8.27. The van der Waals surface area contributed by atoms with Gasteiger partial charge in [-0.2, -0.15) is 0 Å². The predicted octanol–water partition coefficient (Wildman–Crippen LogP) is 4.41. The lowest BCUT2D eigenvalue weighted by atomic mass is 10.2. The Morgan fingerprint density at radius 1 is 1.38 bits per heavy atom. The molecule has 0 aliphatic heterocycles. The fraction of sp³-hybridized carbons (Fsp3) is 0.200. The lowest BCUT2D eigenvalue weighted by Crippen LogP contribution is -1.78. The average Bonchev–Trinajstić information content (AvgIpc) is 2.25. The molecule has 0 unspecified atom stereocenters. The van der Waals surface area contributed by atoms with E-state index in [-0.39, 0.29) is 10.8 Å². The van der Waals surface area contributed by atoms with Crippen molar-refractivity contribution >= 4 is 29.3 Å². The van der Waals surface area contributed by atoms with Gasteiger partial charge in [0.1, 0.15) is 5.75 Å². The van der Waals surface area contributed by atoms with E-state index in [1.165, 1.54) is 6.07 Å². The lowest BCUT2D eigenvalue weighted by molar-refractivity contribution is 0.475. The molecule has 0 aliphatic carbocycles. The first-order valence-electron chi connectivity index (χ1n) is 4.50. The van der Waals surface area contributed by atoms with E-state index in [1.807, 2.05) is 6.08 Å². The molecule has 0 saturated heterocycles. The summed E-state index contributed by atoms with van der Waals surface area (Å²) in [5, 5.41) is 13.3. The Balaban J connectivity index is 2.73. The van der Waals surface area contributed by atoms with Gasteiger partial charge in [-0.05, 0) is 23.6 Å². The third kappa shape index (κ3) is 3.66. The van der Waals surface area contributed by atoms with Gasteiger partial charge >= 0.3 is 0 Å². The van der Waals surface area contributed by atoms with Crippen LogP contribution in [0.1, 0.15) is 12.0 Å². The highest BCUT2D eigenvalue weighted by atomic mass is 35.5. The number of phenolic OH excluding ortho intramolecular Hbond substituents is 1. The molecular formula is C10H9Cl2N3O. The van der Waals surface area contributed by atoms with E-state index < -0.39 is 0 Å². The highest BCUT2D eigenvalue weighted by molar-refractivity contribution is 6.35. The van der Waals surface area contributed by atoms with Crippen LogP contribution in [-0.4, -0.2) is 11.7 Å². The Morgan fingerprint density at radius 2 is 2.12 bits per heavy atom. The first kappa shape index (κ1) is 12.7. The van der Waals surface area contributed by atoms with Gasteiger partial charge in [0.15, 0.2) is 0 Å². The summed E-state index contributed by atoms with van der Waals surface area (Å²) in [5.74, 6) is -0.0436. The van der Waals surface area contributed by atoms with Gasteiger partial charge in [-0.3, -0.25) is 0 Å². The zero-order chi connectivity index (χ0) is 12.0. The third-order valence-corrected chi connectivity index (χ3v) is 2.45. The second-order valence-corrected chi connectivity index (χ2v) is 3.79. The summed E-state index contributed by atoms with van der Waals surface area (Å²) < 4.78 is 0. The third-order valence-electron chi connectivity index (χ3n) is 1.82. The van der Waals surface area contributed by atoms with Crippen molar-refractivity contribution in [1.82, 2.24) is 0 Å². The smallest absolute Gasteiger partial charge is 0.135 e. The maximum absolute atomic E-state index is 9.27. The molecule has 0 fully saturated rings. The number of halogens is 2. The van der Waals surface area contributed by atoms with E-state index in [1.54, 1.807) is 12.1 Å². The van der Waals surface area contributed by atoms with Crippen molar-refractivity contribution in [1.29, 1.82) is 0 Å². The van der Waals surface area contributed by atoms with E-state index in [0.717, 1.165) is 0 Å². The van der Waals surface area contributed by atoms with E-state index in [2.05, 4.69) is 10.0 Å². The number of rotatable bonds is 4. The van der Waals surface area contributed by atoms with Crippen molar-refractivity contribution in [3.05, 3.63) is 44.3 Å². The quantitative estimate of drug-likeness (QED) is 0.369. The van der Waals surface area contributed by atoms with Gasteiger partial charge in [-0.25, -0.2) is 0 Å². The van der Waals surface area contributed by atoms with Gasteiger partial charge < -0.3 is 5.11 Å². The first-order valence-corrected chi connectivity index (χ1v) is 5.26. The molecule has 0 saturated carbocycles. The molecule has 0 spiro atoms. The highest BCUT2D eigenvalue weighted by Gasteiger charge is 2.03. The van der Waals surface area contributed by atoms with Crippen LogP contribution in [-0.2, 0) is 0 Å². The monoisotopic (exact) mass is 257 g/mol. The normalized spacial score (nSPS) is 10.4. The van der Waals surface area contributed by atoms with E-state index in [0.29, 0.717) is 23.6 Å². The Bertz CT molecular complexity index is 454. The molecule has 6 heteroatoms. The molecule has 1 N–H and O–H groups in total. The maximum atomic E-state index is 9.27. The summed E-state index contributed by atoms with van der Waals surface area (Å²) in [6.07, 6.45) is 4.21. The minimum absolute atomic E-state index is 0.0436. The van der Waals surface area contributed by atoms with Crippen LogP contribution in [0.15, 0.2) is 23.3 Å². The minimum atomic E-state index is -0.0436. The van der Waals surface area contributed by atoms with E-state index in [9.17, 15) is 5.11 Å².